The standard InChI is InChI=1S/C18H17FN2S/c1-18(2,22-19)16-11-7-6-10-15(16)17-20-12-13-21(17)14-8-4-3-5-9-14/h3-13H,1-2H3. The highest BCUT2D eigenvalue weighted by Crippen LogP contribution is 2.41. The molecule has 2 nitrogen and oxygen atoms in total. The average molecular weight is 312 g/mol. The highest BCUT2D eigenvalue weighted by atomic mass is 32.2. The topological polar surface area (TPSA) is 17.8 Å². The van der Waals surface area contributed by atoms with Crippen molar-refractivity contribution < 1.29 is 3.89 Å². The van der Waals surface area contributed by atoms with Crippen molar-refractivity contribution >= 4 is 12.1 Å². The summed E-state index contributed by atoms with van der Waals surface area (Å²) in [4.78, 5) is 4.50. The molecule has 112 valence electrons. The van der Waals surface area contributed by atoms with Gasteiger partial charge in [-0.2, -0.15) is 3.89 Å². The van der Waals surface area contributed by atoms with Crippen LogP contribution < -0.4 is 0 Å². The molecule has 0 fully saturated rings. The van der Waals surface area contributed by atoms with Crippen molar-refractivity contribution in [3.8, 4) is 17.1 Å². The molecule has 22 heavy (non-hydrogen) atoms. The molecule has 1 heterocycles. The van der Waals surface area contributed by atoms with E-state index in [1.165, 1.54) is 0 Å². The monoisotopic (exact) mass is 312 g/mol. The van der Waals surface area contributed by atoms with E-state index in [4.69, 9.17) is 0 Å². The first-order valence-corrected chi connectivity index (χ1v) is 7.83. The Balaban J connectivity index is 2.17. The van der Waals surface area contributed by atoms with Crippen molar-refractivity contribution in [1.29, 1.82) is 0 Å². The van der Waals surface area contributed by atoms with E-state index in [-0.39, 0.29) is 0 Å². The Morgan fingerprint density at radius 3 is 2.41 bits per heavy atom. The third kappa shape index (κ3) is 2.66. The van der Waals surface area contributed by atoms with Gasteiger partial charge < -0.3 is 0 Å². The number of nitrogens with zero attached hydrogens (tertiary/aromatic N) is 2. The molecule has 2 aromatic carbocycles. The molecule has 0 radical (unpaired) electrons. The first-order chi connectivity index (χ1) is 10.6. The Bertz CT molecular complexity index is 766. The number of rotatable bonds is 4. The summed E-state index contributed by atoms with van der Waals surface area (Å²) >= 11 is 0.356. The summed E-state index contributed by atoms with van der Waals surface area (Å²) in [7, 11) is 0. The fourth-order valence-electron chi connectivity index (χ4n) is 2.54. The fourth-order valence-corrected chi connectivity index (χ4v) is 2.81. The minimum absolute atomic E-state index is 0.356. The molecule has 0 N–H and O–H groups in total. The van der Waals surface area contributed by atoms with Gasteiger partial charge in [0.15, 0.2) is 0 Å². The van der Waals surface area contributed by atoms with Crippen LogP contribution in [0.5, 0.6) is 0 Å². The zero-order valence-electron chi connectivity index (χ0n) is 12.5. The maximum absolute atomic E-state index is 13.4. The van der Waals surface area contributed by atoms with Gasteiger partial charge in [0.05, 0.1) is 16.9 Å². The molecule has 0 bridgehead atoms. The Hall–Kier alpha value is -2.07. The van der Waals surface area contributed by atoms with Crippen LogP contribution in [0.1, 0.15) is 19.4 Å². The minimum atomic E-state index is -0.621. The summed E-state index contributed by atoms with van der Waals surface area (Å²) in [5.74, 6) is 0.823. The highest BCUT2D eigenvalue weighted by Gasteiger charge is 2.26. The van der Waals surface area contributed by atoms with Crippen LogP contribution in [-0.2, 0) is 4.75 Å². The number of hydrogen-bond donors (Lipinski definition) is 0. The molecule has 0 saturated heterocycles. The molecule has 4 heteroatoms. The van der Waals surface area contributed by atoms with Crippen LogP contribution in [-0.4, -0.2) is 9.55 Å². The quantitative estimate of drug-likeness (QED) is 0.642. The Morgan fingerprint density at radius 2 is 1.68 bits per heavy atom. The lowest BCUT2D eigenvalue weighted by atomic mass is 9.96. The Labute approximate surface area is 134 Å². The van der Waals surface area contributed by atoms with E-state index in [0.29, 0.717) is 12.1 Å². The average Bonchev–Trinajstić information content (AvgIpc) is 3.05. The van der Waals surface area contributed by atoms with Crippen LogP contribution in [0.2, 0.25) is 0 Å². The highest BCUT2D eigenvalue weighted by molar-refractivity contribution is 7.95. The van der Waals surface area contributed by atoms with Gasteiger partial charge in [-0.1, -0.05) is 42.5 Å². The molecule has 0 saturated carbocycles. The molecule has 3 aromatic rings. The van der Waals surface area contributed by atoms with Crippen LogP contribution in [0.4, 0.5) is 3.89 Å². The lowest BCUT2D eigenvalue weighted by Gasteiger charge is -2.23. The fraction of sp³-hybridized carbons (Fsp3) is 0.167. The molecule has 0 unspecified atom stereocenters. The van der Waals surface area contributed by atoms with Crippen molar-refractivity contribution in [2.24, 2.45) is 0 Å². The number of halogens is 1. The third-order valence-corrected chi connectivity index (χ3v) is 4.29. The van der Waals surface area contributed by atoms with E-state index >= 15 is 0 Å². The number of hydrogen-bond acceptors (Lipinski definition) is 2. The van der Waals surface area contributed by atoms with E-state index in [2.05, 4.69) is 4.98 Å². The molecular formula is C18H17FN2S. The number of benzene rings is 2. The molecular weight excluding hydrogens is 295 g/mol. The van der Waals surface area contributed by atoms with E-state index in [1.54, 1.807) is 6.20 Å². The molecule has 1 aromatic heterocycles. The second-order valence-electron chi connectivity index (χ2n) is 5.59. The minimum Gasteiger partial charge on any atom is -0.300 e. The lowest BCUT2D eigenvalue weighted by molar-refractivity contribution is 0.742. The third-order valence-electron chi connectivity index (χ3n) is 3.68. The van der Waals surface area contributed by atoms with Gasteiger partial charge in [0, 0.05) is 23.6 Å². The summed E-state index contributed by atoms with van der Waals surface area (Å²) in [5, 5.41) is 0. The van der Waals surface area contributed by atoms with Crippen molar-refractivity contribution in [3.63, 3.8) is 0 Å². The van der Waals surface area contributed by atoms with Crippen LogP contribution >= 0.6 is 12.1 Å². The Kier molecular flexibility index (Phi) is 4.03. The number of aromatic nitrogens is 2. The number of imidazole rings is 1. The second-order valence-corrected chi connectivity index (χ2v) is 6.76. The van der Waals surface area contributed by atoms with Gasteiger partial charge in [0.1, 0.15) is 5.82 Å². The maximum Gasteiger partial charge on any atom is 0.144 e. The molecule has 3 rings (SSSR count). The van der Waals surface area contributed by atoms with Crippen molar-refractivity contribution in [1.82, 2.24) is 9.55 Å². The molecule has 0 aliphatic carbocycles. The molecule has 0 aliphatic heterocycles. The predicted molar refractivity (Wildman–Crippen MR) is 90.7 cm³/mol. The van der Waals surface area contributed by atoms with Crippen molar-refractivity contribution in [2.75, 3.05) is 0 Å². The summed E-state index contributed by atoms with van der Waals surface area (Å²) in [6.45, 7) is 3.76. The SMILES string of the molecule is CC(C)(SF)c1ccccc1-c1nccn1-c1ccccc1. The molecule has 0 aliphatic rings. The van der Waals surface area contributed by atoms with Crippen molar-refractivity contribution in [3.05, 3.63) is 72.6 Å². The van der Waals surface area contributed by atoms with Gasteiger partial charge in [-0.3, -0.25) is 4.57 Å². The van der Waals surface area contributed by atoms with Crippen LogP contribution in [0.15, 0.2) is 67.0 Å². The van der Waals surface area contributed by atoms with Crippen LogP contribution in [0.3, 0.4) is 0 Å². The largest absolute Gasteiger partial charge is 0.300 e. The van der Waals surface area contributed by atoms with Gasteiger partial charge >= 0.3 is 0 Å². The van der Waals surface area contributed by atoms with E-state index in [9.17, 15) is 3.89 Å². The smallest absolute Gasteiger partial charge is 0.144 e. The summed E-state index contributed by atoms with van der Waals surface area (Å²) in [5.41, 5.74) is 2.92. The van der Waals surface area contributed by atoms with E-state index in [0.717, 1.165) is 22.6 Å². The van der Waals surface area contributed by atoms with E-state index in [1.807, 2.05) is 79.2 Å². The molecule has 0 amide bonds. The lowest BCUT2D eigenvalue weighted by Crippen LogP contribution is -2.12. The second kappa shape index (κ2) is 5.97. The first kappa shape index (κ1) is 14.9. The van der Waals surface area contributed by atoms with E-state index < -0.39 is 4.75 Å². The Morgan fingerprint density at radius 1 is 1.00 bits per heavy atom. The first-order valence-electron chi connectivity index (χ1n) is 7.12. The zero-order valence-corrected chi connectivity index (χ0v) is 13.3. The van der Waals surface area contributed by atoms with Gasteiger partial charge in [0.2, 0.25) is 0 Å². The summed E-state index contributed by atoms with van der Waals surface area (Å²) < 4.78 is 14.8. The maximum atomic E-state index is 13.4. The van der Waals surface area contributed by atoms with Gasteiger partial charge in [-0.05, 0) is 31.5 Å². The van der Waals surface area contributed by atoms with Gasteiger partial charge in [0.25, 0.3) is 0 Å². The number of para-hydroxylation sites is 1. The summed E-state index contributed by atoms with van der Waals surface area (Å²) in [6.07, 6.45) is 3.70. The van der Waals surface area contributed by atoms with Gasteiger partial charge in [-0.25, -0.2) is 4.98 Å². The van der Waals surface area contributed by atoms with Crippen molar-refractivity contribution in [2.45, 2.75) is 18.6 Å². The predicted octanol–water partition coefficient (Wildman–Crippen LogP) is 5.39. The van der Waals surface area contributed by atoms with Crippen LogP contribution in [0, 0.1) is 0 Å². The normalized spacial score (nSPS) is 11.6. The zero-order chi connectivity index (χ0) is 15.6. The van der Waals surface area contributed by atoms with Gasteiger partial charge in [-0.15, -0.1) is 0 Å². The van der Waals surface area contributed by atoms with Crippen LogP contribution in [0.25, 0.3) is 17.1 Å². The summed E-state index contributed by atoms with van der Waals surface area (Å²) in [6, 6.07) is 17.9. The molecule has 0 atom stereocenters. The molecule has 0 spiro atoms.